The summed E-state index contributed by atoms with van der Waals surface area (Å²) < 4.78 is 26.5. The molecule has 148 valence electrons. The van der Waals surface area contributed by atoms with Crippen molar-refractivity contribution in [1.82, 2.24) is 9.29 Å². The molecule has 0 radical (unpaired) electrons. The van der Waals surface area contributed by atoms with Crippen molar-refractivity contribution in [3.05, 3.63) is 73.1 Å². The van der Waals surface area contributed by atoms with E-state index >= 15 is 0 Å². The van der Waals surface area contributed by atoms with Gasteiger partial charge < -0.3 is 4.57 Å². The fourth-order valence-electron chi connectivity index (χ4n) is 2.45. The van der Waals surface area contributed by atoms with Crippen LogP contribution in [-0.2, 0) is 23.0 Å². The van der Waals surface area contributed by atoms with E-state index in [1.807, 2.05) is 46.5 Å². The second-order valence-electron chi connectivity index (χ2n) is 6.00. The van der Waals surface area contributed by atoms with Gasteiger partial charge in [0.25, 0.3) is 5.91 Å². The van der Waals surface area contributed by atoms with Gasteiger partial charge in [0.15, 0.2) is 4.80 Å². The Morgan fingerprint density at radius 1 is 1.25 bits per heavy atom. The Labute approximate surface area is 176 Å². The minimum absolute atomic E-state index is 0.298. The van der Waals surface area contributed by atoms with Gasteiger partial charge in [0.05, 0.1) is 17.7 Å². The van der Waals surface area contributed by atoms with Crippen molar-refractivity contribution < 1.29 is 13.2 Å². The topological polar surface area (TPSA) is 80.5 Å². The van der Waals surface area contributed by atoms with Gasteiger partial charge in [-0.05, 0) is 30.2 Å². The zero-order chi connectivity index (χ0) is 20.1. The lowest BCUT2D eigenvalue weighted by molar-refractivity contribution is 0.100. The predicted octanol–water partition coefficient (Wildman–Crippen LogP) is 3.15. The molecule has 2 heterocycles. The molecule has 0 bridgehead atoms. The number of carbonyl (C=O) groups excluding carboxylic acids is 1. The zero-order valence-electron chi connectivity index (χ0n) is 15.0. The van der Waals surface area contributed by atoms with E-state index in [0.29, 0.717) is 34.2 Å². The van der Waals surface area contributed by atoms with Crippen molar-refractivity contribution in [2.24, 2.45) is 4.99 Å². The normalized spacial score (nSPS) is 12.4. The molecule has 0 saturated carbocycles. The molecule has 0 atom stereocenters. The minimum Gasteiger partial charge on any atom is -0.319 e. The van der Waals surface area contributed by atoms with E-state index < -0.39 is 10.0 Å². The highest BCUT2D eigenvalue weighted by Gasteiger charge is 2.10. The summed E-state index contributed by atoms with van der Waals surface area (Å²) in [4.78, 5) is 18.8. The van der Waals surface area contributed by atoms with Crippen LogP contribution >= 0.6 is 34.3 Å². The minimum atomic E-state index is -3.21. The van der Waals surface area contributed by atoms with Crippen LogP contribution in [0, 0.1) is 0 Å². The lowest BCUT2D eigenvalue weighted by atomic mass is 10.2. The number of amides is 1. The van der Waals surface area contributed by atoms with Crippen molar-refractivity contribution >= 4 is 50.2 Å². The lowest BCUT2D eigenvalue weighted by Crippen LogP contribution is -2.23. The summed E-state index contributed by atoms with van der Waals surface area (Å²) in [5.41, 5.74) is 0.952. The molecule has 0 spiro atoms. The molecule has 1 amide bonds. The van der Waals surface area contributed by atoms with E-state index in [4.69, 9.17) is 11.6 Å². The highest BCUT2D eigenvalue weighted by molar-refractivity contribution is 7.88. The zero-order valence-corrected chi connectivity index (χ0v) is 18.2. The van der Waals surface area contributed by atoms with Crippen LogP contribution in [0.2, 0.25) is 5.02 Å². The second kappa shape index (κ2) is 9.15. The standard InChI is InChI=1S/C18H18ClN3O3S3/c1-28(24,25)20-9-8-14-6-7-16(27-14)17(23)21-18-22(10-11-26-18)12-13-4-2-3-5-15(13)19/h2-7,10-11,20H,8-9,12H2,1H3. The van der Waals surface area contributed by atoms with E-state index in [1.165, 1.54) is 22.7 Å². The number of aromatic nitrogens is 1. The number of benzene rings is 1. The van der Waals surface area contributed by atoms with Crippen LogP contribution in [0.1, 0.15) is 20.1 Å². The summed E-state index contributed by atoms with van der Waals surface area (Å²) in [5.74, 6) is -0.317. The third-order valence-electron chi connectivity index (χ3n) is 3.76. The highest BCUT2D eigenvalue weighted by atomic mass is 35.5. The number of nitrogens with one attached hydrogen (secondary N) is 1. The van der Waals surface area contributed by atoms with E-state index in [9.17, 15) is 13.2 Å². The van der Waals surface area contributed by atoms with Crippen LogP contribution in [0.5, 0.6) is 0 Å². The van der Waals surface area contributed by atoms with Crippen molar-refractivity contribution in [1.29, 1.82) is 0 Å². The number of halogens is 1. The van der Waals surface area contributed by atoms with Crippen LogP contribution in [-0.4, -0.2) is 31.7 Å². The Balaban J connectivity index is 1.72. The van der Waals surface area contributed by atoms with Gasteiger partial charge in [-0.2, -0.15) is 4.99 Å². The average Bonchev–Trinajstić information content (AvgIpc) is 3.26. The molecular formula is C18H18ClN3O3S3. The molecule has 0 saturated heterocycles. The first kappa shape index (κ1) is 20.9. The first-order chi connectivity index (χ1) is 13.3. The van der Waals surface area contributed by atoms with Gasteiger partial charge in [0.2, 0.25) is 10.0 Å². The lowest BCUT2D eigenvalue weighted by Gasteiger charge is -2.05. The molecule has 3 rings (SSSR count). The van der Waals surface area contributed by atoms with Crippen LogP contribution in [0.3, 0.4) is 0 Å². The van der Waals surface area contributed by atoms with Gasteiger partial charge in [-0.25, -0.2) is 13.1 Å². The third-order valence-corrected chi connectivity index (χ3v) is 6.79. The van der Waals surface area contributed by atoms with Gasteiger partial charge in [-0.1, -0.05) is 29.8 Å². The van der Waals surface area contributed by atoms with E-state index in [1.54, 1.807) is 6.07 Å². The Morgan fingerprint density at radius 2 is 2.04 bits per heavy atom. The molecule has 0 aliphatic heterocycles. The van der Waals surface area contributed by atoms with E-state index in [-0.39, 0.29) is 5.91 Å². The largest absolute Gasteiger partial charge is 0.319 e. The van der Waals surface area contributed by atoms with Crippen LogP contribution in [0.25, 0.3) is 0 Å². The molecule has 0 aliphatic carbocycles. The molecule has 28 heavy (non-hydrogen) atoms. The number of carbonyl (C=O) groups is 1. The van der Waals surface area contributed by atoms with E-state index in [2.05, 4.69) is 9.71 Å². The summed E-state index contributed by atoms with van der Waals surface area (Å²) >= 11 is 8.92. The molecule has 0 aliphatic rings. The highest BCUT2D eigenvalue weighted by Crippen LogP contribution is 2.18. The molecule has 3 aromatic rings. The van der Waals surface area contributed by atoms with Crippen molar-refractivity contribution in [2.75, 3.05) is 12.8 Å². The Hall–Kier alpha value is -1.78. The molecule has 0 unspecified atom stereocenters. The van der Waals surface area contributed by atoms with Gasteiger partial charge in [0, 0.05) is 28.0 Å². The van der Waals surface area contributed by atoms with Gasteiger partial charge in [0.1, 0.15) is 0 Å². The molecule has 2 aromatic heterocycles. The molecule has 1 N–H and O–H groups in total. The van der Waals surface area contributed by atoms with Crippen LogP contribution in [0.15, 0.2) is 53.0 Å². The summed E-state index contributed by atoms with van der Waals surface area (Å²) in [6.07, 6.45) is 3.52. The van der Waals surface area contributed by atoms with Crippen LogP contribution < -0.4 is 9.52 Å². The fourth-order valence-corrected chi connectivity index (χ4v) is 4.73. The summed E-state index contributed by atoms with van der Waals surface area (Å²) in [5, 5.41) is 2.55. The molecule has 6 nitrogen and oxygen atoms in total. The third kappa shape index (κ3) is 5.86. The SMILES string of the molecule is CS(=O)(=O)NCCc1ccc(C(=O)N=c2sccn2Cc2ccccc2Cl)s1. The number of hydrogen-bond acceptors (Lipinski definition) is 5. The predicted molar refractivity (Wildman–Crippen MR) is 114 cm³/mol. The fraction of sp³-hybridized carbons (Fsp3) is 0.222. The van der Waals surface area contributed by atoms with Gasteiger partial charge in [-0.3, -0.25) is 4.79 Å². The number of thiophene rings is 1. The van der Waals surface area contributed by atoms with Gasteiger partial charge >= 0.3 is 0 Å². The second-order valence-corrected chi connectivity index (χ2v) is 10.3. The number of sulfonamides is 1. The molecule has 1 aromatic carbocycles. The Kier molecular flexibility index (Phi) is 6.84. The first-order valence-electron chi connectivity index (χ1n) is 8.31. The van der Waals surface area contributed by atoms with Crippen molar-refractivity contribution in [3.63, 3.8) is 0 Å². The number of hydrogen-bond donors (Lipinski definition) is 1. The Morgan fingerprint density at radius 3 is 2.79 bits per heavy atom. The quantitative estimate of drug-likeness (QED) is 0.594. The Bertz CT molecular complexity index is 1150. The summed E-state index contributed by atoms with van der Waals surface area (Å²) in [6.45, 7) is 0.828. The van der Waals surface area contributed by atoms with Crippen molar-refractivity contribution in [2.45, 2.75) is 13.0 Å². The van der Waals surface area contributed by atoms with Crippen LogP contribution in [0.4, 0.5) is 0 Å². The average molecular weight is 456 g/mol. The summed E-state index contributed by atoms with van der Waals surface area (Å²) in [7, 11) is -3.21. The van der Waals surface area contributed by atoms with Crippen molar-refractivity contribution in [3.8, 4) is 0 Å². The van der Waals surface area contributed by atoms with Gasteiger partial charge in [-0.15, -0.1) is 22.7 Å². The number of thiazole rings is 1. The molecular weight excluding hydrogens is 438 g/mol. The maximum absolute atomic E-state index is 12.5. The van der Waals surface area contributed by atoms with E-state index in [0.717, 1.165) is 16.7 Å². The maximum atomic E-state index is 12.5. The maximum Gasteiger partial charge on any atom is 0.289 e. The smallest absolute Gasteiger partial charge is 0.289 e. The molecule has 10 heteroatoms. The monoisotopic (exact) mass is 455 g/mol. The molecule has 0 fully saturated rings. The summed E-state index contributed by atoms with van der Waals surface area (Å²) in [6, 6.07) is 11.1. The number of nitrogens with zero attached hydrogens (tertiary/aromatic N) is 2. The first-order valence-corrected chi connectivity index (χ1v) is 12.3. The number of rotatable bonds is 7.